The van der Waals surface area contributed by atoms with Crippen molar-refractivity contribution in [2.24, 2.45) is 0 Å². The molecule has 1 aliphatic heterocycles. The van der Waals surface area contributed by atoms with Crippen LogP contribution < -0.4 is 4.90 Å². The molecule has 126 valence electrons. The number of piperidine rings is 1. The van der Waals surface area contributed by atoms with Gasteiger partial charge in [0.05, 0.1) is 0 Å². The van der Waals surface area contributed by atoms with Gasteiger partial charge in [-0.05, 0) is 43.2 Å². The van der Waals surface area contributed by atoms with Crippen LogP contribution in [0.5, 0.6) is 0 Å². The maximum absolute atomic E-state index is 13.3. The number of rotatable bonds is 3. The number of anilines is 1. The van der Waals surface area contributed by atoms with E-state index in [1.54, 1.807) is 18.1 Å². The van der Waals surface area contributed by atoms with E-state index >= 15 is 0 Å². The number of benzene rings is 1. The van der Waals surface area contributed by atoms with E-state index in [2.05, 4.69) is 9.88 Å². The third-order valence-electron chi connectivity index (χ3n) is 4.47. The third-order valence-corrected chi connectivity index (χ3v) is 4.47. The number of nitrogens with zero attached hydrogens (tertiary/aromatic N) is 3. The van der Waals surface area contributed by atoms with E-state index in [4.69, 9.17) is 0 Å². The number of carbonyl (C=O) groups is 1. The Labute approximate surface area is 139 Å². The zero-order valence-electron chi connectivity index (χ0n) is 13.5. The first-order valence-electron chi connectivity index (χ1n) is 7.94. The average Bonchev–Trinajstić information content (AvgIpc) is 2.63. The highest BCUT2D eigenvalue weighted by Gasteiger charge is 2.26. The van der Waals surface area contributed by atoms with E-state index in [0.29, 0.717) is 0 Å². The number of amides is 1. The first-order chi connectivity index (χ1) is 11.6. The van der Waals surface area contributed by atoms with Crippen molar-refractivity contribution >= 4 is 11.7 Å². The molecule has 1 saturated heterocycles. The standard InChI is InChI=1S/C18H19F2N3O/c1-22(18(24)13-5-6-15(19)16(20)12-13)14-7-10-23(11-8-14)17-4-2-3-9-21-17/h2-6,9,12,14H,7-8,10-11H2,1H3. The van der Waals surface area contributed by atoms with Crippen LogP contribution in [0.4, 0.5) is 14.6 Å². The molecule has 1 aromatic carbocycles. The minimum Gasteiger partial charge on any atom is -0.356 e. The van der Waals surface area contributed by atoms with Crippen LogP contribution in [0, 0.1) is 11.6 Å². The normalized spacial score (nSPS) is 15.4. The zero-order valence-corrected chi connectivity index (χ0v) is 13.5. The summed E-state index contributed by atoms with van der Waals surface area (Å²) in [6.45, 7) is 1.61. The van der Waals surface area contributed by atoms with E-state index < -0.39 is 11.6 Å². The van der Waals surface area contributed by atoms with Crippen molar-refractivity contribution in [3.05, 3.63) is 59.8 Å². The highest BCUT2D eigenvalue weighted by atomic mass is 19.2. The van der Waals surface area contributed by atoms with Crippen LogP contribution in [0.2, 0.25) is 0 Å². The largest absolute Gasteiger partial charge is 0.356 e. The molecule has 24 heavy (non-hydrogen) atoms. The van der Waals surface area contributed by atoms with Crippen LogP contribution in [-0.2, 0) is 0 Å². The van der Waals surface area contributed by atoms with Crippen molar-refractivity contribution in [3.63, 3.8) is 0 Å². The zero-order chi connectivity index (χ0) is 17.1. The molecule has 1 aromatic heterocycles. The molecule has 0 N–H and O–H groups in total. The molecule has 0 bridgehead atoms. The highest BCUT2D eigenvalue weighted by Crippen LogP contribution is 2.21. The van der Waals surface area contributed by atoms with Gasteiger partial charge in [-0.1, -0.05) is 6.07 Å². The molecule has 1 amide bonds. The van der Waals surface area contributed by atoms with Crippen molar-refractivity contribution in [2.75, 3.05) is 25.0 Å². The highest BCUT2D eigenvalue weighted by molar-refractivity contribution is 5.94. The van der Waals surface area contributed by atoms with Gasteiger partial charge in [0.1, 0.15) is 5.82 Å². The van der Waals surface area contributed by atoms with E-state index in [0.717, 1.165) is 43.9 Å². The first-order valence-corrected chi connectivity index (χ1v) is 7.94. The van der Waals surface area contributed by atoms with Crippen LogP contribution >= 0.6 is 0 Å². The monoisotopic (exact) mass is 331 g/mol. The maximum Gasteiger partial charge on any atom is 0.253 e. The van der Waals surface area contributed by atoms with Crippen molar-refractivity contribution < 1.29 is 13.6 Å². The summed E-state index contributed by atoms with van der Waals surface area (Å²) in [5.41, 5.74) is 0.170. The lowest BCUT2D eigenvalue weighted by molar-refractivity contribution is 0.0708. The van der Waals surface area contributed by atoms with Crippen molar-refractivity contribution in [3.8, 4) is 0 Å². The molecule has 1 aliphatic rings. The first kappa shape index (κ1) is 16.4. The Hall–Kier alpha value is -2.50. The van der Waals surface area contributed by atoms with Gasteiger partial charge >= 0.3 is 0 Å². The van der Waals surface area contributed by atoms with E-state index in [9.17, 15) is 13.6 Å². The topological polar surface area (TPSA) is 36.4 Å². The van der Waals surface area contributed by atoms with E-state index in [1.165, 1.54) is 6.07 Å². The Morgan fingerprint density at radius 3 is 2.54 bits per heavy atom. The molecule has 4 nitrogen and oxygen atoms in total. The maximum atomic E-state index is 13.3. The summed E-state index contributed by atoms with van der Waals surface area (Å²) in [4.78, 5) is 20.6. The molecule has 0 saturated carbocycles. The Morgan fingerprint density at radius 2 is 1.92 bits per heavy atom. The molecular formula is C18H19F2N3O. The molecule has 6 heteroatoms. The molecular weight excluding hydrogens is 312 g/mol. The smallest absolute Gasteiger partial charge is 0.253 e. The van der Waals surface area contributed by atoms with Crippen molar-refractivity contribution in [1.82, 2.24) is 9.88 Å². The molecule has 0 atom stereocenters. The van der Waals surface area contributed by atoms with Crippen LogP contribution in [0.1, 0.15) is 23.2 Å². The van der Waals surface area contributed by atoms with Gasteiger partial charge < -0.3 is 9.80 Å². The van der Waals surface area contributed by atoms with Gasteiger partial charge in [0.15, 0.2) is 11.6 Å². The van der Waals surface area contributed by atoms with Gasteiger partial charge in [-0.25, -0.2) is 13.8 Å². The molecule has 0 radical (unpaired) electrons. The summed E-state index contributed by atoms with van der Waals surface area (Å²) in [5.74, 6) is -1.30. The third kappa shape index (κ3) is 3.37. The summed E-state index contributed by atoms with van der Waals surface area (Å²) in [7, 11) is 1.71. The van der Waals surface area contributed by atoms with Gasteiger partial charge in [-0.2, -0.15) is 0 Å². The lowest BCUT2D eigenvalue weighted by atomic mass is 10.0. The Bertz CT molecular complexity index is 715. The predicted molar refractivity (Wildman–Crippen MR) is 87.9 cm³/mol. The van der Waals surface area contributed by atoms with E-state index in [-0.39, 0.29) is 17.5 Å². The fourth-order valence-corrected chi connectivity index (χ4v) is 3.02. The fourth-order valence-electron chi connectivity index (χ4n) is 3.02. The molecule has 2 heterocycles. The van der Waals surface area contributed by atoms with Crippen molar-refractivity contribution in [2.45, 2.75) is 18.9 Å². The lowest BCUT2D eigenvalue weighted by Gasteiger charge is -2.37. The molecule has 1 fully saturated rings. The van der Waals surface area contributed by atoms with Gasteiger partial charge in [0.2, 0.25) is 0 Å². The number of carbonyl (C=O) groups excluding carboxylic acids is 1. The summed E-state index contributed by atoms with van der Waals surface area (Å²) in [6, 6.07) is 9.14. The number of aromatic nitrogens is 1. The average molecular weight is 331 g/mol. The molecule has 3 rings (SSSR count). The van der Waals surface area contributed by atoms with Crippen LogP contribution in [0.15, 0.2) is 42.6 Å². The summed E-state index contributed by atoms with van der Waals surface area (Å²) >= 11 is 0. The van der Waals surface area contributed by atoms with Gasteiger partial charge in [-0.15, -0.1) is 0 Å². The molecule has 2 aromatic rings. The minimum atomic E-state index is -1.00. The summed E-state index contributed by atoms with van der Waals surface area (Å²) in [6.07, 6.45) is 3.38. The Kier molecular flexibility index (Phi) is 4.74. The minimum absolute atomic E-state index is 0.0746. The summed E-state index contributed by atoms with van der Waals surface area (Å²) < 4.78 is 26.3. The Balaban J connectivity index is 1.63. The lowest BCUT2D eigenvalue weighted by Crippen LogP contribution is -2.45. The quantitative estimate of drug-likeness (QED) is 0.867. The number of pyridine rings is 1. The number of hydrogen-bond acceptors (Lipinski definition) is 3. The second-order valence-corrected chi connectivity index (χ2v) is 5.95. The molecule has 0 spiro atoms. The second-order valence-electron chi connectivity index (χ2n) is 5.95. The van der Waals surface area contributed by atoms with Crippen LogP contribution in [-0.4, -0.2) is 42.0 Å². The molecule has 0 unspecified atom stereocenters. The SMILES string of the molecule is CN(C(=O)c1ccc(F)c(F)c1)C1CCN(c2ccccn2)CC1. The van der Waals surface area contributed by atoms with Crippen LogP contribution in [0.3, 0.4) is 0 Å². The van der Waals surface area contributed by atoms with Crippen LogP contribution in [0.25, 0.3) is 0 Å². The van der Waals surface area contributed by atoms with Gasteiger partial charge in [0, 0.05) is 37.9 Å². The summed E-state index contributed by atoms with van der Waals surface area (Å²) in [5, 5.41) is 0. The van der Waals surface area contributed by atoms with Crippen molar-refractivity contribution in [1.29, 1.82) is 0 Å². The fraction of sp³-hybridized carbons (Fsp3) is 0.333. The van der Waals surface area contributed by atoms with Gasteiger partial charge in [0.25, 0.3) is 5.91 Å². The Morgan fingerprint density at radius 1 is 1.17 bits per heavy atom. The van der Waals surface area contributed by atoms with E-state index in [1.807, 2.05) is 18.2 Å². The number of halogens is 2. The molecule has 0 aliphatic carbocycles. The predicted octanol–water partition coefficient (Wildman–Crippen LogP) is 3.10. The second kappa shape index (κ2) is 6.95. The number of hydrogen-bond donors (Lipinski definition) is 0. The van der Waals surface area contributed by atoms with Gasteiger partial charge in [-0.3, -0.25) is 4.79 Å².